The predicted molar refractivity (Wildman–Crippen MR) is 113 cm³/mol. The number of pyridine rings is 1. The Morgan fingerprint density at radius 3 is 2.86 bits per heavy atom. The van der Waals surface area contributed by atoms with Crippen LogP contribution in [0.4, 0.5) is 0 Å². The van der Waals surface area contributed by atoms with E-state index in [1.165, 1.54) is 0 Å². The van der Waals surface area contributed by atoms with E-state index in [-0.39, 0.29) is 30.6 Å². The minimum atomic E-state index is -0.272. The molecule has 0 aromatic carbocycles. The van der Waals surface area contributed by atoms with Gasteiger partial charge in [0.15, 0.2) is 0 Å². The van der Waals surface area contributed by atoms with Gasteiger partial charge in [-0.05, 0) is 45.8 Å². The van der Waals surface area contributed by atoms with E-state index >= 15 is 0 Å². The highest BCUT2D eigenvalue weighted by atomic mass is 16.5. The second kappa shape index (κ2) is 9.60. The fourth-order valence-corrected chi connectivity index (χ4v) is 3.58. The summed E-state index contributed by atoms with van der Waals surface area (Å²) in [4.78, 5) is 21.8. The van der Waals surface area contributed by atoms with Crippen molar-refractivity contribution in [2.75, 3.05) is 33.3 Å². The van der Waals surface area contributed by atoms with Crippen LogP contribution in [0.1, 0.15) is 56.0 Å². The molecule has 0 spiro atoms. The van der Waals surface area contributed by atoms with Crippen LogP contribution in [0.2, 0.25) is 0 Å². The number of hydrogen-bond donors (Lipinski definition) is 1. The molecule has 2 aliphatic rings. The number of ether oxygens (including phenoxy) is 1. The lowest BCUT2D eigenvalue weighted by atomic mass is 10.00. The molecular weight excluding hydrogens is 366 g/mol. The van der Waals surface area contributed by atoms with Crippen molar-refractivity contribution in [1.29, 1.82) is 0 Å². The molecule has 2 heterocycles. The summed E-state index contributed by atoms with van der Waals surface area (Å²) in [5.74, 6) is 7.16. The number of likely N-dealkylation sites (N-methyl/N-ethyl adjacent to an activating group) is 1. The summed E-state index contributed by atoms with van der Waals surface area (Å²) < 4.78 is 6.28. The van der Waals surface area contributed by atoms with Crippen LogP contribution in [-0.4, -0.2) is 71.2 Å². The van der Waals surface area contributed by atoms with E-state index in [0.717, 1.165) is 37.9 Å². The van der Waals surface area contributed by atoms with E-state index in [1.54, 1.807) is 17.2 Å². The molecule has 0 unspecified atom stereocenters. The van der Waals surface area contributed by atoms with E-state index in [0.29, 0.717) is 23.9 Å². The highest BCUT2D eigenvalue weighted by Crippen LogP contribution is 2.29. The molecule has 0 bridgehead atoms. The standard InChI is InChI=1S/C23H33N3O3/c1-5-10-25(4)14-21-16(2)13-26(17(3)15-27)23(28)20-11-19(9-8-18-6-7-18)12-24-22(20)29-21/h11-12,16-18,21,27H,5-7,10,13-15H2,1-4H3/t16-,17-,21+/m1/s1. The van der Waals surface area contributed by atoms with Crippen LogP contribution in [0.5, 0.6) is 5.88 Å². The molecule has 1 saturated carbocycles. The van der Waals surface area contributed by atoms with Crippen LogP contribution in [0.3, 0.4) is 0 Å². The molecule has 3 rings (SSSR count). The van der Waals surface area contributed by atoms with Gasteiger partial charge in [-0.25, -0.2) is 4.98 Å². The molecule has 29 heavy (non-hydrogen) atoms. The SMILES string of the molecule is CCCN(C)C[C@@H]1Oc2ncc(C#CC3CC3)cc2C(=O)N([C@H](C)CO)C[C@H]1C. The average molecular weight is 400 g/mol. The molecule has 0 radical (unpaired) electrons. The predicted octanol–water partition coefficient (Wildman–Crippen LogP) is 2.41. The highest BCUT2D eigenvalue weighted by molar-refractivity contribution is 5.97. The van der Waals surface area contributed by atoms with Crippen LogP contribution in [0.15, 0.2) is 12.3 Å². The number of fused-ring (bicyclic) bond motifs is 1. The van der Waals surface area contributed by atoms with Gasteiger partial charge in [0.25, 0.3) is 5.91 Å². The Morgan fingerprint density at radius 2 is 2.21 bits per heavy atom. The Balaban J connectivity index is 1.94. The van der Waals surface area contributed by atoms with Crippen LogP contribution in [0, 0.1) is 23.7 Å². The normalized spacial score (nSPS) is 22.8. The number of nitrogens with zero attached hydrogens (tertiary/aromatic N) is 3. The molecule has 0 saturated heterocycles. The van der Waals surface area contributed by atoms with Crippen LogP contribution in [0.25, 0.3) is 0 Å². The molecule has 1 fully saturated rings. The first kappa shape index (κ1) is 21.6. The van der Waals surface area contributed by atoms with Crippen molar-refractivity contribution < 1.29 is 14.6 Å². The third kappa shape index (κ3) is 5.49. The lowest BCUT2D eigenvalue weighted by Gasteiger charge is -2.37. The fourth-order valence-electron chi connectivity index (χ4n) is 3.58. The number of aliphatic hydroxyl groups excluding tert-OH is 1. The van der Waals surface area contributed by atoms with Crippen molar-refractivity contribution in [3.05, 3.63) is 23.4 Å². The fraction of sp³-hybridized carbons (Fsp3) is 0.652. The van der Waals surface area contributed by atoms with Crippen LogP contribution < -0.4 is 4.74 Å². The molecule has 1 aliphatic heterocycles. The Bertz CT molecular complexity index is 781. The smallest absolute Gasteiger partial charge is 0.259 e. The topological polar surface area (TPSA) is 65.9 Å². The summed E-state index contributed by atoms with van der Waals surface area (Å²) in [5, 5.41) is 9.72. The number of hydrogen-bond acceptors (Lipinski definition) is 5. The van der Waals surface area contributed by atoms with Crippen molar-refractivity contribution in [2.24, 2.45) is 11.8 Å². The van der Waals surface area contributed by atoms with E-state index in [9.17, 15) is 9.90 Å². The Morgan fingerprint density at radius 1 is 1.45 bits per heavy atom. The maximum atomic E-state index is 13.3. The number of aromatic nitrogens is 1. The summed E-state index contributed by atoms with van der Waals surface area (Å²) in [6, 6.07) is 1.52. The Kier molecular flexibility index (Phi) is 7.15. The summed E-state index contributed by atoms with van der Waals surface area (Å²) in [6.45, 7) is 8.31. The summed E-state index contributed by atoms with van der Waals surface area (Å²) in [6.07, 6.45) is 4.98. The number of amides is 1. The zero-order valence-electron chi connectivity index (χ0n) is 18.0. The zero-order valence-corrected chi connectivity index (χ0v) is 18.0. The van der Waals surface area contributed by atoms with Crippen molar-refractivity contribution in [2.45, 2.75) is 52.2 Å². The first-order valence-electron chi connectivity index (χ1n) is 10.7. The van der Waals surface area contributed by atoms with Crippen molar-refractivity contribution in [3.8, 4) is 17.7 Å². The van der Waals surface area contributed by atoms with E-state index in [1.807, 2.05) is 6.92 Å². The Hall–Kier alpha value is -2.10. The van der Waals surface area contributed by atoms with Gasteiger partial charge in [-0.2, -0.15) is 0 Å². The number of carbonyl (C=O) groups excluding carboxylic acids is 1. The second-order valence-electron chi connectivity index (χ2n) is 8.51. The van der Waals surface area contributed by atoms with E-state index in [4.69, 9.17) is 4.74 Å². The molecule has 3 atom stereocenters. The molecule has 1 aromatic heterocycles. The molecule has 6 nitrogen and oxygen atoms in total. The Labute approximate surface area is 174 Å². The van der Waals surface area contributed by atoms with E-state index in [2.05, 4.69) is 42.6 Å². The van der Waals surface area contributed by atoms with Gasteiger partial charge in [-0.1, -0.05) is 25.7 Å². The number of aliphatic hydroxyl groups is 1. The van der Waals surface area contributed by atoms with Crippen molar-refractivity contribution >= 4 is 5.91 Å². The second-order valence-corrected chi connectivity index (χ2v) is 8.51. The van der Waals surface area contributed by atoms with Crippen molar-refractivity contribution in [1.82, 2.24) is 14.8 Å². The number of rotatable bonds is 6. The maximum Gasteiger partial charge on any atom is 0.259 e. The first-order valence-corrected chi connectivity index (χ1v) is 10.7. The molecular formula is C23H33N3O3. The van der Waals surface area contributed by atoms with Gasteiger partial charge in [0.05, 0.1) is 12.6 Å². The molecule has 1 aromatic rings. The monoisotopic (exact) mass is 399 g/mol. The molecule has 1 amide bonds. The van der Waals surface area contributed by atoms with Gasteiger partial charge in [-0.3, -0.25) is 4.79 Å². The summed E-state index contributed by atoms with van der Waals surface area (Å²) in [7, 11) is 2.09. The quantitative estimate of drug-likeness (QED) is 0.744. The largest absolute Gasteiger partial charge is 0.472 e. The average Bonchev–Trinajstić information content (AvgIpc) is 3.53. The van der Waals surface area contributed by atoms with Gasteiger partial charge in [0.1, 0.15) is 11.7 Å². The van der Waals surface area contributed by atoms with E-state index < -0.39 is 0 Å². The minimum Gasteiger partial charge on any atom is -0.472 e. The summed E-state index contributed by atoms with van der Waals surface area (Å²) >= 11 is 0. The van der Waals surface area contributed by atoms with Gasteiger partial charge in [0, 0.05) is 36.7 Å². The highest BCUT2D eigenvalue weighted by Gasteiger charge is 2.34. The molecule has 158 valence electrons. The zero-order chi connectivity index (χ0) is 21.0. The molecule has 1 N–H and O–H groups in total. The number of carbonyl (C=O) groups is 1. The van der Waals surface area contributed by atoms with Gasteiger partial charge in [-0.15, -0.1) is 0 Å². The maximum absolute atomic E-state index is 13.3. The lowest BCUT2D eigenvalue weighted by molar-refractivity contribution is 0.0331. The van der Waals surface area contributed by atoms with Crippen molar-refractivity contribution in [3.63, 3.8) is 0 Å². The van der Waals surface area contributed by atoms with Crippen LogP contribution >= 0.6 is 0 Å². The third-order valence-corrected chi connectivity index (χ3v) is 5.62. The van der Waals surface area contributed by atoms with Gasteiger partial charge >= 0.3 is 0 Å². The third-order valence-electron chi connectivity index (χ3n) is 5.62. The van der Waals surface area contributed by atoms with Gasteiger partial charge in [0.2, 0.25) is 5.88 Å². The minimum absolute atomic E-state index is 0.0797. The molecule has 1 aliphatic carbocycles. The van der Waals surface area contributed by atoms with Crippen LogP contribution in [-0.2, 0) is 0 Å². The van der Waals surface area contributed by atoms with Gasteiger partial charge < -0.3 is 19.6 Å². The molecule has 6 heteroatoms. The lowest BCUT2D eigenvalue weighted by Crippen LogP contribution is -2.50. The summed E-state index contributed by atoms with van der Waals surface area (Å²) in [5.41, 5.74) is 1.17. The first-order chi connectivity index (χ1) is 13.9.